The van der Waals surface area contributed by atoms with E-state index in [4.69, 9.17) is 5.73 Å². The molecule has 0 aliphatic carbocycles. The predicted molar refractivity (Wildman–Crippen MR) is 73.3 cm³/mol. The third kappa shape index (κ3) is 3.42. The van der Waals surface area contributed by atoms with Crippen molar-refractivity contribution >= 4 is 5.69 Å². The van der Waals surface area contributed by atoms with Gasteiger partial charge in [-0.05, 0) is 37.1 Å². The predicted octanol–water partition coefficient (Wildman–Crippen LogP) is 2.31. The second kappa shape index (κ2) is 5.84. The van der Waals surface area contributed by atoms with Crippen LogP contribution in [0.2, 0.25) is 0 Å². The topological polar surface area (TPSA) is 41.3 Å². The van der Waals surface area contributed by atoms with Crippen LogP contribution >= 0.6 is 0 Å². The second-order valence-electron chi connectivity index (χ2n) is 5.29. The first-order valence-electron chi connectivity index (χ1n) is 6.60. The van der Waals surface area contributed by atoms with Gasteiger partial charge in [0.05, 0.1) is 0 Å². The third-order valence-corrected chi connectivity index (χ3v) is 3.68. The summed E-state index contributed by atoms with van der Waals surface area (Å²) >= 11 is 0. The smallest absolute Gasteiger partial charge is 0.263 e. The Bertz CT molecular complexity index is 449. The van der Waals surface area contributed by atoms with Gasteiger partial charge in [0.15, 0.2) is 0 Å². The standard InChI is InChI=1S/C14H21F2N3/c1-9-7-19(4-3-18-9)8-12-5-11(14(15)16)6-13(17)10(12)2/h5-6,9,14,18H,3-4,7-8,17H2,1-2H3/t9-/m0/s1. The Hall–Kier alpha value is -1.20. The van der Waals surface area contributed by atoms with Gasteiger partial charge < -0.3 is 11.1 Å². The van der Waals surface area contributed by atoms with Gasteiger partial charge in [-0.15, -0.1) is 0 Å². The van der Waals surface area contributed by atoms with Gasteiger partial charge in [0.25, 0.3) is 6.43 Å². The summed E-state index contributed by atoms with van der Waals surface area (Å²) in [5.74, 6) is 0. The van der Waals surface area contributed by atoms with Crippen molar-refractivity contribution in [2.24, 2.45) is 0 Å². The van der Waals surface area contributed by atoms with Crippen LogP contribution in [0, 0.1) is 6.92 Å². The van der Waals surface area contributed by atoms with Crippen molar-refractivity contribution in [1.29, 1.82) is 0 Å². The Kier molecular flexibility index (Phi) is 4.37. The molecule has 0 aromatic heterocycles. The SMILES string of the molecule is Cc1c(N)cc(C(F)F)cc1CN1CCN[C@@H](C)C1. The number of nitrogens with zero attached hydrogens (tertiary/aromatic N) is 1. The number of alkyl halides is 2. The summed E-state index contributed by atoms with van der Waals surface area (Å²) < 4.78 is 25.6. The molecule has 0 unspecified atom stereocenters. The lowest BCUT2D eigenvalue weighted by Gasteiger charge is -2.32. The molecule has 1 saturated heterocycles. The summed E-state index contributed by atoms with van der Waals surface area (Å²) in [5, 5.41) is 3.37. The minimum absolute atomic E-state index is 0.0151. The number of anilines is 1. The van der Waals surface area contributed by atoms with Gasteiger partial charge in [-0.3, -0.25) is 4.90 Å². The van der Waals surface area contributed by atoms with E-state index >= 15 is 0 Å². The maximum atomic E-state index is 12.8. The van der Waals surface area contributed by atoms with E-state index in [2.05, 4.69) is 17.1 Å². The molecule has 0 radical (unpaired) electrons. The summed E-state index contributed by atoms with van der Waals surface area (Å²) in [6.07, 6.45) is -2.47. The van der Waals surface area contributed by atoms with E-state index in [0.29, 0.717) is 18.3 Å². The molecule has 3 N–H and O–H groups in total. The fourth-order valence-corrected chi connectivity index (χ4v) is 2.51. The first kappa shape index (κ1) is 14.2. The van der Waals surface area contributed by atoms with Crippen molar-refractivity contribution < 1.29 is 8.78 Å². The minimum Gasteiger partial charge on any atom is -0.398 e. The fourth-order valence-electron chi connectivity index (χ4n) is 2.51. The van der Waals surface area contributed by atoms with E-state index in [0.717, 1.165) is 30.8 Å². The number of halogens is 2. The lowest BCUT2D eigenvalue weighted by molar-refractivity contribution is 0.151. The van der Waals surface area contributed by atoms with Crippen LogP contribution in [0.15, 0.2) is 12.1 Å². The van der Waals surface area contributed by atoms with Crippen molar-refractivity contribution in [1.82, 2.24) is 10.2 Å². The molecule has 1 aromatic carbocycles. The Morgan fingerprint density at radius 2 is 2.21 bits per heavy atom. The van der Waals surface area contributed by atoms with E-state index in [9.17, 15) is 8.78 Å². The Balaban J connectivity index is 2.19. The van der Waals surface area contributed by atoms with Crippen LogP contribution in [0.3, 0.4) is 0 Å². The van der Waals surface area contributed by atoms with Crippen LogP contribution in [0.1, 0.15) is 30.0 Å². The number of hydrogen-bond donors (Lipinski definition) is 2. The summed E-state index contributed by atoms with van der Waals surface area (Å²) in [5.41, 5.74) is 8.12. The number of piperazine rings is 1. The summed E-state index contributed by atoms with van der Waals surface area (Å²) in [6, 6.07) is 3.40. The maximum Gasteiger partial charge on any atom is 0.263 e. The summed E-state index contributed by atoms with van der Waals surface area (Å²) in [4.78, 5) is 2.28. The van der Waals surface area contributed by atoms with Crippen molar-refractivity contribution in [3.05, 3.63) is 28.8 Å². The number of benzene rings is 1. The molecule has 1 atom stereocenters. The minimum atomic E-state index is -2.47. The highest BCUT2D eigenvalue weighted by molar-refractivity contribution is 5.53. The zero-order valence-electron chi connectivity index (χ0n) is 11.4. The molecule has 1 aliphatic heterocycles. The molecule has 19 heavy (non-hydrogen) atoms. The molecule has 2 rings (SSSR count). The molecule has 1 aromatic rings. The van der Waals surface area contributed by atoms with E-state index in [1.54, 1.807) is 6.07 Å². The van der Waals surface area contributed by atoms with Gasteiger partial charge in [0.1, 0.15) is 0 Å². The highest BCUT2D eigenvalue weighted by Gasteiger charge is 2.18. The van der Waals surface area contributed by atoms with Gasteiger partial charge in [-0.25, -0.2) is 8.78 Å². The Morgan fingerprint density at radius 1 is 1.47 bits per heavy atom. The highest BCUT2D eigenvalue weighted by Crippen LogP contribution is 2.27. The zero-order chi connectivity index (χ0) is 14.0. The average molecular weight is 269 g/mol. The summed E-state index contributed by atoms with van der Waals surface area (Å²) in [7, 11) is 0. The molecule has 1 aliphatic rings. The van der Waals surface area contributed by atoms with Crippen LogP contribution in [0.25, 0.3) is 0 Å². The molecule has 5 heteroatoms. The molecule has 0 spiro atoms. The fraction of sp³-hybridized carbons (Fsp3) is 0.571. The largest absolute Gasteiger partial charge is 0.398 e. The number of rotatable bonds is 3. The molecule has 0 saturated carbocycles. The van der Waals surface area contributed by atoms with Crippen LogP contribution in [-0.4, -0.2) is 30.6 Å². The van der Waals surface area contributed by atoms with Crippen molar-refractivity contribution in [3.8, 4) is 0 Å². The lowest BCUT2D eigenvalue weighted by Crippen LogP contribution is -2.48. The molecule has 1 fully saturated rings. The first-order valence-corrected chi connectivity index (χ1v) is 6.60. The van der Waals surface area contributed by atoms with Gasteiger partial charge in [0, 0.05) is 43.5 Å². The van der Waals surface area contributed by atoms with Gasteiger partial charge in [0.2, 0.25) is 0 Å². The Morgan fingerprint density at radius 3 is 2.84 bits per heavy atom. The second-order valence-corrected chi connectivity index (χ2v) is 5.29. The van der Waals surface area contributed by atoms with E-state index < -0.39 is 6.43 Å². The molecule has 1 heterocycles. The number of nitrogens with one attached hydrogen (secondary N) is 1. The quantitative estimate of drug-likeness (QED) is 0.827. The summed E-state index contributed by atoms with van der Waals surface area (Å²) in [6.45, 7) is 7.50. The average Bonchev–Trinajstić information content (AvgIpc) is 2.34. The van der Waals surface area contributed by atoms with E-state index in [1.165, 1.54) is 6.07 Å². The van der Waals surface area contributed by atoms with Crippen LogP contribution < -0.4 is 11.1 Å². The number of nitrogen functional groups attached to an aromatic ring is 1. The first-order chi connectivity index (χ1) is 8.97. The van der Waals surface area contributed by atoms with E-state index in [1.807, 2.05) is 6.92 Å². The van der Waals surface area contributed by atoms with Gasteiger partial charge in [-0.1, -0.05) is 0 Å². The lowest BCUT2D eigenvalue weighted by atomic mass is 10.0. The monoisotopic (exact) mass is 269 g/mol. The molecule has 0 amide bonds. The third-order valence-electron chi connectivity index (χ3n) is 3.68. The number of nitrogens with two attached hydrogens (primary N) is 1. The van der Waals surface area contributed by atoms with Crippen LogP contribution in [0.5, 0.6) is 0 Å². The van der Waals surface area contributed by atoms with Crippen LogP contribution in [0.4, 0.5) is 14.5 Å². The highest BCUT2D eigenvalue weighted by atomic mass is 19.3. The van der Waals surface area contributed by atoms with Crippen molar-refractivity contribution in [2.45, 2.75) is 32.9 Å². The normalized spacial score (nSPS) is 21.0. The maximum absolute atomic E-state index is 12.8. The molecular formula is C14H21F2N3. The van der Waals surface area contributed by atoms with Crippen LogP contribution in [-0.2, 0) is 6.54 Å². The van der Waals surface area contributed by atoms with Crippen molar-refractivity contribution in [3.63, 3.8) is 0 Å². The van der Waals surface area contributed by atoms with Gasteiger partial charge in [-0.2, -0.15) is 0 Å². The van der Waals surface area contributed by atoms with E-state index in [-0.39, 0.29) is 5.56 Å². The Labute approximate surface area is 112 Å². The molecule has 106 valence electrons. The zero-order valence-corrected chi connectivity index (χ0v) is 11.4. The molecule has 0 bridgehead atoms. The van der Waals surface area contributed by atoms with Gasteiger partial charge >= 0.3 is 0 Å². The molecule has 3 nitrogen and oxygen atoms in total. The van der Waals surface area contributed by atoms with Crippen molar-refractivity contribution in [2.75, 3.05) is 25.4 Å². The molecular weight excluding hydrogens is 248 g/mol. The number of hydrogen-bond acceptors (Lipinski definition) is 3.